The van der Waals surface area contributed by atoms with Crippen molar-refractivity contribution in [2.75, 3.05) is 7.11 Å². The Bertz CT molecular complexity index is 1160. The van der Waals surface area contributed by atoms with Crippen LogP contribution in [0.2, 0.25) is 0 Å². The number of nitrogens with zero attached hydrogens (tertiary/aromatic N) is 1. The summed E-state index contributed by atoms with van der Waals surface area (Å²) in [5.41, 5.74) is 0.825. The molecule has 0 fully saturated rings. The van der Waals surface area contributed by atoms with Gasteiger partial charge in [-0.25, -0.2) is 9.78 Å². The van der Waals surface area contributed by atoms with Crippen molar-refractivity contribution in [3.05, 3.63) is 84.2 Å². The summed E-state index contributed by atoms with van der Waals surface area (Å²) in [7, 11) is 1.37. The lowest BCUT2D eigenvalue weighted by Crippen LogP contribution is -2.44. The van der Waals surface area contributed by atoms with Gasteiger partial charge in [-0.2, -0.15) is 0 Å². The molecule has 0 aliphatic rings. The molecule has 3 atom stereocenters. The molecule has 0 aliphatic heterocycles. The van der Waals surface area contributed by atoms with Crippen molar-refractivity contribution in [3.8, 4) is 17.2 Å². The van der Waals surface area contributed by atoms with Crippen molar-refractivity contribution in [1.29, 1.82) is 0 Å². The number of hydrogen-bond acceptors (Lipinski definition) is 8. The molecule has 0 unspecified atom stereocenters. The van der Waals surface area contributed by atoms with Crippen LogP contribution >= 0.6 is 0 Å². The lowest BCUT2D eigenvalue weighted by atomic mass is 10.0. The Hall–Kier alpha value is -4.40. The molecular formula is C28H30N2O7. The molecule has 0 aliphatic carbocycles. The van der Waals surface area contributed by atoms with E-state index in [0.717, 1.165) is 5.56 Å². The van der Waals surface area contributed by atoms with E-state index in [4.69, 9.17) is 18.9 Å². The van der Waals surface area contributed by atoms with Gasteiger partial charge < -0.3 is 24.3 Å². The fourth-order valence-electron chi connectivity index (χ4n) is 3.50. The van der Waals surface area contributed by atoms with Crippen molar-refractivity contribution in [3.63, 3.8) is 0 Å². The molecule has 37 heavy (non-hydrogen) atoms. The van der Waals surface area contributed by atoms with E-state index in [1.54, 1.807) is 6.92 Å². The lowest BCUT2D eigenvalue weighted by Gasteiger charge is -2.26. The largest absolute Gasteiger partial charge is 0.493 e. The van der Waals surface area contributed by atoms with Crippen molar-refractivity contribution >= 4 is 17.8 Å². The van der Waals surface area contributed by atoms with Gasteiger partial charge in [0.15, 0.2) is 11.4 Å². The SMILES string of the molecule is COc1ccnc(C(=O)N[C@@H](C)C(=O)O[C@@H](C)[C@@H](Cc2ccccc2)Oc2ccccc2)c1OC(C)=O. The zero-order valence-electron chi connectivity index (χ0n) is 21.2. The maximum Gasteiger partial charge on any atom is 0.328 e. The molecule has 194 valence electrons. The molecule has 0 saturated heterocycles. The van der Waals surface area contributed by atoms with Crippen LogP contribution in [0.5, 0.6) is 17.2 Å². The minimum Gasteiger partial charge on any atom is -0.493 e. The fraction of sp³-hybridized carbons (Fsp3) is 0.286. The van der Waals surface area contributed by atoms with E-state index >= 15 is 0 Å². The van der Waals surface area contributed by atoms with Crippen LogP contribution in [0.25, 0.3) is 0 Å². The second-order valence-corrected chi connectivity index (χ2v) is 8.28. The number of para-hydroxylation sites is 1. The Kier molecular flexibility index (Phi) is 9.60. The highest BCUT2D eigenvalue weighted by Gasteiger charge is 2.28. The van der Waals surface area contributed by atoms with Gasteiger partial charge in [0.1, 0.15) is 24.0 Å². The molecule has 1 heterocycles. The summed E-state index contributed by atoms with van der Waals surface area (Å²) in [5.74, 6) is -1.37. The molecule has 1 amide bonds. The van der Waals surface area contributed by atoms with Gasteiger partial charge in [0.05, 0.1) is 7.11 Å². The normalized spacial score (nSPS) is 13.0. The predicted octanol–water partition coefficient (Wildman–Crippen LogP) is 3.76. The number of pyridine rings is 1. The number of ether oxygens (including phenoxy) is 4. The average molecular weight is 507 g/mol. The number of rotatable bonds is 11. The summed E-state index contributed by atoms with van der Waals surface area (Å²) < 4.78 is 22.1. The van der Waals surface area contributed by atoms with E-state index in [0.29, 0.717) is 12.2 Å². The molecule has 9 heteroatoms. The summed E-state index contributed by atoms with van der Waals surface area (Å²) in [6.07, 6.45) is 0.719. The van der Waals surface area contributed by atoms with Crippen LogP contribution < -0.4 is 19.5 Å². The number of hydrogen-bond donors (Lipinski definition) is 1. The predicted molar refractivity (Wildman–Crippen MR) is 136 cm³/mol. The molecule has 0 spiro atoms. The maximum atomic E-state index is 12.9. The molecule has 1 aromatic heterocycles. The van der Waals surface area contributed by atoms with Crippen LogP contribution in [-0.2, 0) is 20.7 Å². The van der Waals surface area contributed by atoms with Gasteiger partial charge in [-0.3, -0.25) is 9.59 Å². The molecule has 0 saturated carbocycles. The zero-order chi connectivity index (χ0) is 26.8. The van der Waals surface area contributed by atoms with Gasteiger partial charge in [-0.15, -0.1) is 0 Å². The topological polar surface area (TPSA) is 113 Å². The van der Waals surface area contributed by atoms with E-state index in [2.05, 4.69) is 10.3 Å². The molecular weight excluding hydrogens is 476 g/mol. The van der Waals surface area contributed by atoms with Crippen LogP contribution in [0, 0.1) is 0 Å². The van der Waals surface area contributed by atoms with E-state index in [1.165, 1.54) is 33.2 Å². The molecule has 0 bridgehead atoms. The first kappa shape index (κ1) is 27.2. The highest BCUT2D eigenvalue weighted by atomic mass is 16.6. The number of methoxy groups -OCH3 is 1. The molecule has 1 N–H and O–H groups in total. The van der Waals surface area contributed by atoms with Crippen LogP contribution in [-0.4, -0.2) is 48.2 Å². The van der Waals surface area contributed by atoms with Gasteiger partial charge in [0.25, 0.3) is 5.91 Å². The summed E-state index contributed by atoms with van der Waals surface area (Å²) in [6.45, 7) is 4.42. The first-order valence-corrected chi connectivity index (χ1v) is 11.8. The van der Waals surface area contributed by atoms with E-state index in [1.807, 2.05) is 60.7 Å². The smallest absolute Gasteiger partial charge is 0.328 e. The zero-order valence-corrected chi connectivity index (χ0v) is 21.2. The number of benzene rings is 2. The van der Waals surface area contributed by atoms with E-state index in [-0.39, 0.29) is 17.2 Å². The number of amides is 1. The Morgan fingerprint density at radius 3 is 2.22 bits per heavy atom. The summed E-state index contributed by atoms with van der Waals surface area (Å²) in [5, 5.41) is 2.54. The van der Waals surface area contributed by atoms with Gasteiger partial charge in [0, 0.05) is 25.6 Å². The fourth-order valence-corrected chi connectivity index (χ4v) is 3.50. The van der Waals surface area contributed by atoms with E-state index in [9.17, 15) is 14.4 Å². The third-order valence-electron chi connectivity index (χ3n) is 5.39. The van der Waals surface area contributed by atoms with Gasteiger partial charge in [-0.1, -0.05) is 48.5 Å². The van der Waals surface area contributed by atoms with Crippen LogP contribution in [0.3, 0.4) is 0 Å². The summed E-state index contributed by atoms with van der Waals surface area (Å²) in [6, 6.07) is 19.4. The van der Waals surface area contributed by atoms with Crippen molar-refractivity contribution in [2.45, 2.75) is 45.4 Å². The first-order valence-electron chi connectivity index (χ1n) is 11.8. The van der Waals surface area contributed by atoms with Crippen molar-refractivity contribution in [1.82, 2.24) is 10.3 Å². The Balaban J connectivity index is 1.70. The van der Waals surface area contributed by atoms with Gasteiger partial charge in [0.2, 0.25) is 5.75 Å². The Morgan fingerprint density at radius 1 is 0.946 bits per heavy atom. The number of aromatic nitrogens is 1. The number of nitrogens with one attached hydrogen (secondary N) is 1. The summed E-state index contributed by atoms with van der Waals surface area (Å²) >= 11 is 0. The Morgan fingerprint density at radius 2 is 1.59 bits per heavy atom. The Labute approximate surface area is 215 Å². The molecule has 3 aromatic rings. The quantitative estimate of drug-likeness (QED) is 0.391. The first-order chi connectivity index (χ1) is 17.8. The monoisotopic (exact) mass is 506 g/mol. The number of esters is 2. The molecule has 0 radical (unpaired) electrons. The second-order valence-electron chi connectivity index (χ2n) is 8.28. The molecule has 9 nitrogen and oxygen atoms in total. The van der Waals surface area contributed by atoms with Gasteiger partial charge >= 0.3 is 11.9 Å². The molecule has 3 rings (SSSR count). The highest BCUT2D eigenvalue weighted by molar-refractivity contribution is 5.98. The van der Waals surface area contributed by atoms with Crippen molar-refractivity contribution < 1.29 is 33.3 Å². The average Bonchev–Trinajstić information content (AvgIpc) is 2.89. The maximum absolute atomic E-state index is 12.9. The number of carbonyl (C=O) groups excluding carboxylic acids is 3. The van der Waals surface area contributed by atoms with E-state index < -0.39 is 36.1 Å². The highest BCUT2D eigenvalue weighted by Crippen LogP contribution is 2.29. The van der Waals surface area contributed by atoms with Crippen LogP contribution in [0.15, 0.2) is 72.9 Å². The third kappa shape index (κ3) is 7.79. The van der Waals surface area contributed by atoms with Crippen molar-refractivity contribution in [2.24, 2.45) is 0 Å². The summed E-state index contributed by atoms with van der Waals surface area (Å²) in [4.78, 5) is 41.3. The standard InChI is InChI=1S/C28H30N2O7/c1-18(30-27(32)25-26(36-20(3)31)23(34-4)15-16-29-25)28(33)35-19(2)24(17-21-11-7-5-8-12-21)37-22-13-9-6-10-14-22/h5-16,18-19,24H,17H2,1-4H3,(H,30,32)/t18-,19-,24+/m0/s1. The number of carbonyl (C=O) groups is 3. The lowest BCUT2D eigenvalue weighted by molar-refractivity contribution is -0.154. The second kappa shape index (κ2) is 13.1. The van der Waals surface area contributed by atoms with Crippen LogP contribution in [0.1, 0.15) is 36.8 Å². The third-order valence-corrected chi connectivity index (χ3v) is 5.39. The minimum absolute atomic E-state index is 0.136. The molecule has 2 aromatic carbocycles. The minimum atomic E-state index is -1.03. The van der Waals surface area contributed by atoms with Gasteiger partial charge in [-0.05, 0) is 31.5 Å². The van der Waals surface area contributed by atoms with Crippen LogP contribution in [0.4, 0.5) is 0 Å².